The van der Waals surface area contributed by atoms with Gasteiger partial charge in [-0.2, -0.15) is 5.26 Å². The Labute approximate surface area is 76.8 Å². The Morgan fingerprint density at radius 3 is 2.69 bits per heavy atom. The van der Waals surface area contributed by atoms with Gasteiger partial charge in [-0.15, -0.1) is 0 Å². The summed E-state index contributed by atoms with van der Waals surface area (Å²) in [6.45, 7) is 0.269. The van der Waals surface area contributed by atoms with Gasteiger partial charge >= 0.3 is 0 Å². The zero-order chi connectivity index (χ0) is 9.68. The van der Waals surface area contributed by atoms with Crippen molar-refractivity contribution < 1.29 is 4.39 Å². The first-order valence-corrected chi connectivity index (χ1v) is 4.11. The molecule has 2 N–H and O–H groups in total. The average molecular weight is 178 g/mol. The van der Waals surface area contributed by atoms with E-state index in [0.717, 1.165) is 0 Å². The molecule has 1 unspecified atom stereocenters. The van der Waals surface area contributed by atoms with Crippen LogP contribution in [0.15, 0.2) is 24.3 Å². The van der Waals surface area contributed by atoms with Gasteiger partial charge in [0.25, 0.3) is 0 Å². The number of nitriles is 1. The quantitative estimate of drug-likeness (QED) is 0.761. The van der Waals surface area contributed by atoms with Crippen molar-refractivity contribution in [2.24, 2.45) is 11.7 Å². The molecular formula is C10H11FN2. The summed E-state index contributed by atoms with van der Waals surface area (Å²) in [6, 6.07) is 8.48. The predicted octanol–water partition coefficient (Wildman–Crippen LogP) is 1.47. The second-order valence-electron chi connectivity index (χ2n) is 2.86. The van der Waals surface area contributed by atoms with Crippen molar-refractivity contribution in [1.82, 2.24) is 0 Å². The van der Waals surface area contributed by atoms with Gasteiger partial charge in [-0.1, -0.05) is 18.2 Å². The van der Waals surface area contributed by atoms with Crippen LogP contribution in [-0.4, -0.2) is 6.54 Å². The van der Waals surface area contributed by atoms with E-state index in [-0.39, 0.29) is 18.3 Å². The number of hydrogen-bond acceptors (Lipinski definition) is 2. The lowest BCUT2D eigenvalue weighted by Crippen LogP contribution is -2.15. The highest BCUT2D eigenvalue weighted by atomic mass is 19.1. The third-order valence-corrected chi connectivity index (χ3v) is 1.89. The molecule has 1 atom stereocenters. The van der Waals surface area contributed by atoms with Gasteiger partial charge in [0.2, 0.25) is 0 Å². The molecule has 0 saturated heterocycles. The Kier molecular flexibility index (Phi) is 3.41. The zero-order valence-electron chi connectivity index (χ0n) is 7.20. The Morgan fingerprint density at radius 1 is 1.46 bits per heavy atom. The van der Waals surface area contributed by atoms with Gasteiger partial charge in [0.1, 0.15) is 5.82 Å². The summed E-state index contributed by atoms with van der Waals surface area (Å²) >= 11 is 0. The van der Waals surface area contributed by atoms with E-state index in [1.165, 1.54) is 6.07 Å². The topological polar surface area (TPSA) is 49.8 Å². The zero-order valence-corrected chi connectivity index (χ0v) is 7.20. The van der Waals surface area contributed by atoms with Gasteiger partial charge in [-0.25, -0.2) is 4.39 Å². The third-order valence-electron chi connectivity index (χ3n) is 1.89. The fourth-order valence-electron chi connectivity index (χ4n) is 1.11. The fraction of sp³-hybridized carbons (Fsp3) is 0.300. The van der Waals surface area contributed by atoms with E-state index in [0.29, 0.717) is 12.0 Å². The van der Waals surface area contributed by atoms with Crippen LogP contribution in [-0.2, 0) is 6.42 Å². The molecule has 13 heavy (non-hydrogen) atoms. The van der Waals surface area contributed by atoms with Crippen LogP contribution >= 0.6 is 0 Å². The molecule has 0 amide bonds. The highest BCUT2D eigenvalue weighted by Crippen LogP contribution is 2.11. The lowest BCUT2D eigenvalue weighted by atomic mass is 10.0. The van der Waals surface area contributed by atoms with Crippen LogP contribution in [0.4, 0.5) is 4.39 Å². The van der Waals surface area contributed by atoms with E-state index in [1.807, 2.05) is 6.07 Å². The first kappa shape index (κ1) is 9.69. The van der Waals surface area contributed by atoms with Crippen LogP contribution in [0.1, 0.15) is 5.56 Å². The summed E-state index contributed by atoms with van der Waals surface area (Å²) in [6.07, 6.45) is 0.389. The molecule has 0 aliphatic carbocycles. The first-order chi connectivity index (χ1) is 6.27. The van der Waals surface area contributed by atoms with E-state index in [9.17, 15) is 4.39 Å². The maximum Gasteiger partial charge on any atom is 0.126 e. The second kappa shape index (κ2) is 4.58. The third kappa shape index (κ3) is 2.53. The summed E-state index contributed by atoms with van der Waals surface area (Å²) < 4.78 is 13.1. The number of hydrogen-bond donors (Lipinski definition) is 1. The molecule has 1 rings (SSSR count). The SMILES string of the molecule is N#CC(CN)Cc1ccccc1F. The molecule has 0 aromatic heterocycles. The van der Waals surface area contributed by atoms with Crippen LogP contribution in [0.25, 0.3) is 0 Å². The highest BCUT2D eigenvalue weighted by molar-refractivity contribution is 5.18. The minimum atomic E-state index is -0.295. The van der Waals surface area contributed by atoms with Crippen molar-refractivity contribution in [3.8, 4) is 6.07 Å². The minimum absolute atomic E-state index is 0.267. The summed E-state index contributed by atoms with van der Waals surface area (Å²) in [5.41, 5.74) is 5.89. The molecular weight excluding hydrogens is 167 g/mol. The van der Waals surface area contributed by atoms with Gasteiger partial charge in [0.15, 0.2) is 0 Å². The molecule has 0 radical (unpaired) electrons. The van der Waals surface area contributed by atoms with Crippen molar-refractivity contribution in [2.45, 2.75) is 6.42 Å². The summed E-state index contributed by atoms with van der Waals surface area (Å²) in [4.78, 5) is 0. The number of nitrogens with zero attached hydrogens (tertiary/aromatic N) is 1. The molecule has 1 aromatic rings. The van der Waals surface area contributed by atoms with Crippen molar-refractivity contribution in [1.29, 1.82) is 5.26 Å². The Morgan fingerprint density at radius 2 is 2.15 bits per heavy atom. The predicted molar refractivity (Wildman–Crippen MR) is 48.3 cm³/mol. The first-order valence-electron chi connectivity index (χ1n) is 4.11. The average Bonchev–Trinajstić information content (AvgIpc) is 2.17. The van der Waals surface area contributed by atoms with E-state index < -0.39 is 0 Å². The summed E-state index contributed by atoms with van der Waals surface area (Å²) in [7, 11) is 0. The Hall–Kier alpha value is -1.40. The molecule has 3 heteroatoms. The number of rotatable bonds is 3. The van der Waals surface area contributed by atoms with Gasteiger partial charge in [-0.3, -0.25) is 0 Å². The van der Waals surface area contributed by atoms with Crippen molar-refractivity contribution in [3.05, 3.63) is 35.6 Å². The van der Waals surface area contributed by atoms with Crippen molar-refractivity contribution in [3.63, 3.8) is 0 Å². The molecule has 0 heterocycles. The number of nitrogens with two attached hydrogens (primary N) is 1. The van der Waals surface area contributed by atoms with Crippen LogP contribution in [0.3, 0.4) is 0 Å². The fourth-order valence-corrected chi connectivity index (χ4v) is 1.11. The largest absolute Gasteiger partial charge is 0.329 e. The number of halogens is 1. The highest BCUT2D eigenvalue weighted by Gasteiger charge is 2.08. The van der Waals surface area contributed by atoms with Crippen LogP contribution < -0.4 is 5.73 Å². The molecule has 0 saturated carbocycles. The normalized spacial score (nSPS) is 12.1. The molecule has 68 valence electrons. The summed E-state index contributed by atoms with van der Waals surface area (Å²) in [5, 5.41) is 8.63. The van der Waals surface area contributed by atoms with Gasteiger partial charge < -0.3 is 5.73 Å². The van der Waals surface area contributed by atoms with Gasteiger partial charge in [0, 0.05) is 6.54 Å². The maximum absolute atomic E-state index is 13.1. The molecule has 1 aromatic carbocycles. The summed E-state index contributed by atoms with van der Waals surface area (Å²) in [5.74, 6) is -0.562. The lowest BCUT2D eigenvalue weighted by molar-refractivity contribution is 0.584. The van der Waals surface area contributed by atoms with E-state index in [1.54, 1.807) is 18.2 Å². The maximum atomic E-state index is 13.1. The van der Waals surface area contributed by atoms with Gasteiger partial charge in [0.05, 0.1) is 12.0 Å². The van der Waals surface area contributed by atoms with Crippen LogP contribution in [0, 0.1) is 23.1 Å². The second-order valence-corrected chi connectivity index (χ2v) is 2.86. The van der Waals surface area contributed by atoms with E-state index >= 15 is 0 Å². The van der Waals surface area contributed by atoms with Gasteiger partial charge in [-0.05, 0) is 18.1 Å². The van der Waals surface area contributed by atoms with Crippen molar-refractivity contribution >= 4 is 0 Å². The molecule has 2 nitrogen and oxygen atoms in total. The van der Waals surface area contributed by atoms with Crippen LogP contribution in [0.2, 0.25) is 0 Å². The molecule has 0 bridgehead atoms. The standard InChI is InChI=1S/C10H11FN2/c11-10-4-2-1-3-9(10)5-8(6-12)7-13/h1-4,8H,5-6,12H2. The minimum Gasteiger partial charge on any atom is -0.329 e. The smallest absolute Gasteiger partial charge is 0.126 e. The molecule has 0 spiro atoms. The van der Waals surface area contributed by atoms with Crippen LogP contribution in [0.5, 0.6) is 0 Å². The Bertz CT molecular complexity index is 317. The van der Waals surface area contributed by atoms with E-state index in [2.05, 4.69) is 0 Å². The molecule has 0 fully saturated rings. The monoisotopic (exact) mass is 178 g/mol. The molecule has 0 aliphatic rings. The van der Waals surface area contributed by atoms with E-state index in [4.69, 9.17) is 11.0 Å². The van der Waals surface area contributed by atoms with Crippen molar-refractivity contribution in [2.75, 3.05) is 6.54 Å². The Balaban J connectivity index is 2.74. The molecule has 0 aliphatic heterocycles. The number of benzene rings is 1. The lowest BCUT2D eigenvalue weighted by Gasteiger charge is -2.06.